The fourth-order valence-corrected chi connectivity index (χ4v) is 2.53. The zero-order valence-corrected chi connectivity index (χ0v) is 12.5. The highest BCUT2D eigenvalue weighted by atomic mass is 35.5. The molecule has 0 radical (unpaired) electrons. The number of hydrogen-bond acceptors (Lipinski definition) is 2. The second-order valence-electron chi connectivity index (χ2n) is 5.16. The minimum atomic E-state index is -4.82. The third-order valence-electron chi connectivity index (χ3n) is 3.67. The predicted octanol–water partition coefficient (Wildman–Crippen LogP) is 3.08. The van der Waals surface area contributed by atoms with E-state index in [2.05, 4.69) is 0 Å². The molecule has 1 fully saturated rings. The zero-order chi connectivity index (χ0) is 15.6. The van der Waals surface area contributed by atoms with Gasteiger partial charge in [0.15, 0.2) is 0 Å². The lowest BCUT2D eigenvalue weighted by Gasteiger charge is -2.32. The summed E-state index contributed by atoms with van der Waals surface area (Å²) in [5.41, 5.74) is 3.60. The minimum Gasteiger partial charge on any atom is -0.338 e. The molecule has 2 N–H and O–H groups in total. The van der Waals surface area contributed by atoms with Crippen molar-refractivity contribution in [3.63, 3.8) is 0 Å². The van der Waals surface area contributed by atoms with Gasteiger partial charge in [0.05, 0.1) is 11.1 Å². The van der Waals surface area contributed by atoms with Crippen molar-refractivity contribution in [2.24, 2.45) is 11.7 Å². The van der Waals surface area contributed by atoms with E-state index in [1.54, 1.807) is 0 Å². The molecule has 1 aliphatic rings. The first-order chi connectivity index (χ1) is 9.84. The SMILES string of the molecule is Cl.NCC1CCCN(C(=O)c2cccc(C(F)(F)F)c2F)C1. The summed E-state index contributed by atoms with van der Waals surface area (Å²) in [5.74, 6) is -2.11. The average molecular weight is 341 g/mol. The number of nitrogens with two attached hydrogens (primary N) is 1. The molecule has 0 aromatic heterocycles. The number of hydrogen-bond donors (Lipinski definition) is 1. The number of carbonyl (C=O) groups is 1. The summed E-state index contributed by atoms with van der Waals surface area (Å²) in [6.07, 6.45) is -3.23. The highest BCUT2D eigenvalue weighted by Crippen LogP contribution is 2.33. The second kappa shape index (κ2) is 7.28. The largest absolute Gasteiger partial charge is 0.419 e. The fraction of sp³-hybridized carbons (Fsp3) is 0.500. The molecular weight excluding hydrogens is 324 g/mol. The molecule has 0 aliphatic carbocycles. The van der Waals surface area contributed by atoms with Crippen molar-refractivity contribution in [1.29, 1.82) is 0 Å². The molecule has 2 rings (SSSR count). The Morgan fingerprint density at radius 3 is 2.64 bits per heavy atom. The van der Waals surface area contributed by atoms with Gasteiger partial charge in [-0.25, -0.2) is 4.39 Å². The Kier molecular flexibility index (Phi) is 6.19. The molecule has 0 saturated carbocycles. The summed E-state index contributed by atoms with van der Waals surface area (Å²) in [6, 6.07) is 2.76. The number of benzene rings is 1. The number of alkyl halides is 3. The van der Waals surface area contributed by atoms with E-state index in [0.717, 1.165) is 18.6 Å². The van der Waals surface area contributed by atoms with Crippen LogP contribution in [0.2, 0.25) is 0 Å². The van der Waals surface area contributed by atoms with Crippen LogP contribution in [0, 0.1) is 11.7 Å². The molecule has 1 atom stereocenters. The zero-order valence-electron chi connectivity index (χ0n) is 11.7. The highest BCUT2D eigenvalue weighted by Gasteiger charge is 2.36. The monoisotopic (exact) mass is 340 g/mol. The van der Waals surface area contributed by atoms with E-state index in [1.165, 1.54) is 4.90 Å². The Labute approximate surface area is 131 Å². The molecule has 3 nitrogen and oxygen atoms in total. The Balaban J connectivity index is 0.00000242. The number of halogens is 5. The number of nitrogens with zero attached hydrogens (tertiary/aromatic N) is 1. The van der Waals surface area contributed by atoms with Gasteiger partial charge in [-0.15, -0.1) is 12.4 Å². The molecule has 1 unspecified atom stereocenters. The van der Waals surface area contributed by atoms with Crippen LogP contribution in [0.5, 0.6) is 0 Å². The summed E-state index contributed by atoms with van der Waals surface area (Å²) in [5, 5.41) is 0. The van der Waals surface area contributed by atoms with Crippen LogP contribution in [0.1, 0.15) is 28.8 Å². The maximum atomic E-state index is 14.0. The van der Waals surface area contributed by atoms with Gasteiger partial charge in [-0.05, 0) is 37.4 Å². The summed E-state index contributed by atoms with van der Waals surface area (Å²) in [4.78, 5) is 13.6. The quantitative estimate of drug-likeness (QED) is 0.841. The number of amides is 1. The van der Waals surface area contributed by atoms with Crippen LogP contribution < -0.4 is 5.73 Å². The molecule has 22 heavy (non-hydrogen) atoms. The molecule has 0 spiro atoms. The Hall–Kier alpha value is -1.34. The Morgan fingerprint density at radius 1 is 1.36 bits per heavy atom. The number of likely N-dealkylation sites (tertiary alicyclic amines) is 1. The van der Waals surface area contributed by atoms with E-state index in [-0.39, 0.29) is 18.3 Å². The second-order valence-corrected chi connectivity index (χ2v) is 5.16. The van der Waals surface area contributed by atoms with Crippen molar-refractivity contribution in [3.05, 3.63) is 35.1 Å². The molecule has 1 saturated heterocycles. The normalized spacial score (nSPS) is 18.8. The first-order valence-corrected chi connectivity index (χ1v) is 6.69. The van der Waals surface area contributed by atoms with E-state index >= 15 is 0 Å². The lowest BCUT2D eigenvalue weighted by atomic mass is 9.97. The van der Waals surface area contributed by atoms with Crippen LogP contribution in [0.15, 0.2) is 18.2 Å². The van der Waals surface area contributed by atoms with Crippen molar-refractivity contribution in [2.75, 3.05) is 19.6 Å². The van der Waals surface area contributed by atoms with E-state index < -0.39 is 29.0 Å². The van der Waals surface area contributed by atoms with E-state index in [1.807, 2.05) is 0 Å². The van der Waals surface area contributed by atoms with Gasteiger partial charge in [-0.2, -0.15) is 13.2 Å². The standard InChI is InChI=1S/C14H16F4N2O.ClH/c15-12-10(4-1-5-11(12)14(16,17)18)13(21)20-6-2-3-9(7-19)8-20;/h1,4-5,9H,2-3,6-8,19H2;1H. The first-order valence-electron chi connectivity index (χ1n) is 6.69. The fourth-order valence-electron chi connectivity index (χ4n) is 2.53. The van der Waals surface area contributed by atoms with Crippen LogP contribution in [0.25, 0.3) is 0 Å². The molecular formula is C14H17ClF4N2O. The van der Waals surface area contributed by atoms with Gasteiger partial charge in [-0.3, -0.25) is 4.79 Å². The topological polar surface area (TPSA) is 46.3 Å². The Bertz CT molecular complexity index is 536. The third kappa shape index (κ3) is 3.89. The molecule has 8 heteroatoms. The van der Waals surface area contributed by atoms with Gasteiger partial charge in [0.1, 0.15) is 5.82 Å². The predicted molar refractivity (Wildman–Crippen MR) is 76.3 cm³/mol. The molecule has 1 aromatic rings. The molecule has 1 heterocycles. The van der Waals surface area contributed by atoms with Gasteiger partial charge in [0.2, 0.25) is 0 Å². The van der Waals surface area contributed by atoms with Crippen molar-refractivity contribution in [1.82, 2.24) is 4.90 Å². The van der Waals surface area contributed by atoms with Gasteiger partial charge < -0.3 is 10.6 Å². The van der Waals surface area contributed by atoms with Crippen molar-refractivity contribution >= 4 is 18.3 Å². The van der Waals surface area contributed by atoms with Crippen molar-refractivity contribution < 1.29 is 22.4 Å². The maximum absolute atomic E-state index is 14.0. The van der Waals surface area contributed by atoms with Crippen LogP contribution in [0.3, 0.4) is 0 Å². The van der Waals surface area contributed by atoms with E-state index in [0.29, 0.717) is 32.1 Å². The van der Waals surface area contributed by atoms with Crippen molar-refractivity contribution in [2.45, 2.75) is 19.0 Å². The van der Waals surface area contributed by atoms with Gasteiger partial charge in [-0.1, -0.05) is 6.07 Å². The van der Waals surface area contributed by atoms with Crippen LogP contribution in [0.4, 0.5) is 17.6 Å². The molecule has 124 valence electrons. The summed E-state index contributed by atoms with van der Waals surface area (Å²) in [6.45, 7) is 1.16. The molecule has 0 bridgehead atoms. The first kappa shape index (κ1) is 18.7. The van der Waals surface area contributed by atoms with Crippen LogP contribution >= 0.6 is 12.4 Å². The molecule has 1 aliphatic heterocycles. The number of piperidine rings is 1. The van der Waals surface area contributed by atoms with Gasteiger partial charge in [0, 0.05) is 13.1 Å². The summed E-state index contributed by atoms with van der Waals surface area (Å²) < 4.78 is 52.0. The molecule has 1 aromatic carbocycles. The number of carbonyl (C=O) groups excluding carboxylic acids is 1. The highest BCUT2D eigenvalue weighted by molar-refractivity contribution is 5.94. The van der Waals surface area contributed by atoms with E-state index in [4.69, 9.17) is 5.73 Å². The third-order valence-corrected chi connectivity index (χ3v) is 3.67. The van der Waals surface area contributed by atoms with Gasteiger partial charge >= 0.3 is 6.18 Å². The lowest BCUT2D eigenvalue weighted by molar-refractivity contribution is -0.140. The smallest absolute Gasteiger partial charge is 0.338 e. The molecule has 1 amide bonds. The minimum absolute atomic E-state index is 0. The Morgan fingerprint density at radius 2 is 2.05 bits per heavy atom. The average Bonchev–Trinajstić information content (AvgIpc) is 2.45. The van der Waals surface area contributed by atoms with Crippen LogP contribution in [-0.2, 0) is 6.18 Å². The number of rotatable bonds is 2. The van der Waals surface area contributed by atoms with Crippen molar-refractivity contribution in [3.8, 4) is 0 Å². The lowest BCUT2D eigenvalue weighted by Crippen LogP contribution is -2.42. The summed E-state index contributed by atoms with van der Waals surface area (Å²) in [7, 11) is 0. The van der Waals surface area contributed by atoms with E-state index in [9.17, 15) is 22.4 Å². The summed E-state index contributed by atoms with van der Waals surface area (Å²) >= 11 is 0. The van der Waals surface area contributed by atoms with Gasteiger partial charge in [0.25, 0.3) is 5.91 Å². The van der Waals surface area contributed by atoms with Crippen LogP contribution in [-0.4, -0.2) is 30.4 Å². The maximum Gasteiger partial charge on any atom is 0.419 e.